The number of nitrogens with one attached hydrogen (secondary N) is 1. The molecule has 1 aliphatic rings. The lowest BCUT2D eigenvalue weighted by molar-refractivity contribution is -0.121. The maximum Gasteiger partial charge on any atom is 0.221 e. The molecule has 6 heteroatoms. The highest BCUT2D eigenvalue weighted by molar-refractivity contribution is 7.91. The lowest BCUT2D eigenvalue weighted by Gasteiger charge is -2.26. The van der Waals surface area contributed by atoms with Crippen LogP contribution in [0, 0.1) is 5.92 Å². The molecule has 0 spiro atoms. The van der Waals surface area contributed by atoms with Crippen molar-refractivity contribution in [3.8, 4) is 0 Å². The Kier molecular flexibility index (Phi) is 5.87. The van der Waals surface area contributed by atoms with Gasteiger partial charge in [0.25, 0.3) is 0 Å². The van der Waals surface area contributed by atoms with E-state index >= 15 is 0 Å². The van der Waals surface area contributed by atoms with Crippen molar-refractivity contribution in [2.75, 3.05) is 5.75 Å². The van der Waals surface area contributed by atoms with Gasteiger partial charge in [0.15, 0.2) is 9.84 Å². The number of hydrogen-bond acceptors (Lipinski definition) is 3. The minimum absolute atomic E-state index is 0.00296. The van der Waals surface area contributed by atoms with Crippen molar-refractivity contribution in [2.24, 2.45) is 5.92 Å². The molecule has 4 nitrogen and oxygen atoms in total. The summed E-state index contributed by atoms with van der Waals surface area (Å²) >= 11 is 5.75. The van der Waals surface area contributed by atoms with E-state index in [4.69, 9.17) is 11.6 Å². The first-order valence-corrected chi connectivity index (χ1v) is 9.67. The monoisotopic (exact) mass is 343 g/mol. The van der Waals surface area contributed by atoms with Crippen molar-refractivity contribution in [2.45, 2.75) is 50.0 Å². The Morgan fingerprint density at radius 1 is 1.18 bits per heavy atom. The lowest BCUT2D eigenvalue weighted by atomic mass is 9.87. The molecule has 0 aromatic heterocycles. The Balaban J connectivity index is 1.83. The summed E-state index contributed by atoms with van der Waals surface area (Å²) in [5, 5.41) is 3.44. The van der Waals surface area contributed by atoms with Gasteiger partial charge in [-0.15, -0.1) is 0 Å². The molecule has 1 fully saturated rings. The molecule has 1 aromatic carbocycles. The van der Waals surface area contributed by atoms with Crippen LogP contribution in [-0.2, 0) is 14.6 Å². The molecule has 1 N–H and O–H groups in total. The molecule has 0 aliphatic heterocycles. The molecule has 2 rings (SSSR count). The first-order chi connectivity index (χ1) is 10.4. The number of rotatable bonds is 5. The topological polar surface area (TPSA) is 63.2 Å². The summed E-state index contributed by atoms with van der Waals surface area (Å²) in [6.07, 6.45) is 4.20. The van der Waals surface area contributed by atoms with Crippen molar-refractivity contribution in [3.63, 3.8) is 0 Å². The zero-order valence-corrected chi connectivity index (χ0v) is 14.3. The second kappa shape index (κ2) is 7.47. The van der Waals surface area contributed by atoms with Crippen LogP contribution in [0.3, 0.4) is 0 Å². The molecule has 0 bridgehead atoms. The predicted octanol–water partition coefficient (Wildman–Crippen LogP) is 3.20. The normalized spacial score (nSPS) is 22.3. The number of carbonyl (C=O) groups is 1. The Hall–Kier alpha value is -1.07. The Labute approximate surface area is 137 Å². The summed E-state index contributed by atoms with van der Waals surface area (Å²) in [7, 11) is -3.44. The van der Waals surface area contributed by atoms with Crippen molar-refractivity contribution in [3.05, 3.63) is 29.3 Å². The van der Waals surface area contributed by atoms with E-state index in [1.807, 2.05) is 0 Å². The van der Waals surface area contributed by atoms with Crippen molar-refractivity contribution < 1.29 is 13.2 Å². The molecule has 1 amide bonds. The van der Waals surface area contributed by atoms with Crippen LogP contribution in [0.2, 0.25) is 5.02 Å². The fourth-order valence-corrected chi connectivity index (χ4v) is 4.06. The molecule has 1 aromatic rings. The molecular formula is C16H22ClNO3S. The van der Waals surface area contributed by atoms with Gasteiger partial charge in [-0.3, -0.25) is 4.79 Å². The van der Waals surface area contributed by atoms with Crippen molar-refractivity contribution >= 4 is 27.3 Å². The maximum atomic E-state index is 12.2. The van der Waals surface area contributed by atoms with Crippen LogP contribution in [0.4, 0.5) is 0 Å². The average molecular weight is 344 g/mol. The number of benzene rings is 1. The Bertz CT molecular complexity index is 605. The molecule has 1 saturated carbocycles. The molecule has 122 valence electrons. The summed E-state index contributed by atoms with van der Waals surface area (Å²) in [5.74, 6) is 0.361. The zero-order valence-electron chi connectivity index (χ0n) is 12.7. The van der Waals surface area contributed by atoms with Gasteiger partial charge in [-0.05, 0) is 55.9 Å². The molecule has 0 radical (unpaired) electrons. The zero-order chi connectivity index (χ0) is 16.2. The van der Waals surface area contributed by atoms with E-state index in [2.05, 4.69) is 12.2 Å². The number of sulfone groups is 1. The molecular weight excluding hydrogens is 322 g/mol. The minimum Gasteiger partial charge on any atom is -0.353 e. The van der Waals surface area contributed by atoms with Gasteiger partial charge in [-0.25, -0.2) is 8.42 Å². The summed E-state index contributed by atoms with van der Waals surface area (Å²) in [6, 6.07) is 6.22. The van der Waals surface area contributed by atoms with E-state index in [1.54, 1.807) is 0 Å². The summed E-state index contributed by atoms with van der Waals surface area (Å²) in [4.78, 5) is 12.1. The van der Waals surface area contributed by atoms with E-state index in [0.29, 0.717) is 5.02 Å². The number of carbonyl (C=O) groups excluding carboxylic acids is 1. The third-order valence-corrected chi connectivity index (χ3v) is 6.14. The second-order valence-electron chi connectivity index (χ2n) is 6.05. The van der Waals surface area contributed by atoms with Gasteiger partial charge in [-0.2, -0.15) is 0 Å². The molecule has 1 aliphatic carbocycles. The fourth-order valence-electron chi connectivity index (χ4n) is 2.69. The molecule has 0 heterocycles. The summed E-state index contributed by atoms with van der Waals surface area (Å²) in [6.45, 7) is 2.22. The van der Waals surface area contributed by atoms with E-state index in [1.165, 1.54) is 24.3 Å². The highest BCUT2D eigenvalue weighted by Gasteiger charge is 2.21. The first kappa shape index (κ1) is 17.3. The van der Waals surface area contributed by atoms with Crippen molar-refractivity contribution in [1.29, 1.82) is 0 Å². The Morgan fingerprint density at radius 2 is 1.77 bits per heavy atom. The predicted molar refractivity (Wildman–Crippen MR) is 87.7 cm³/mol. The molecule has 0 saturated heterocycles. The van der Waals surface area contributed by atoms with Gasteiger partial charge in [0.1, 0.15) is 0 Å². The first-order valence-electron chi connectivity index (χ1n) is 7.64. The van der Waals surface area contributed by atoms with Gasteiger partial charge in [0.05, 0.1) is 10.6 Å². The SMILES string of the molecule is CC1CCC(NC(=O)CCS(=O)(=O)c2ccc(Cl)cc2)CC1. The number of amides is 1. The highest BCUT2D eigenvalue weighted by atomic mass is 35.5. The van der Waals surface area contributed by atoms with Crippen LogP contribution in [0.1, 0.15) is 39.0 Å². The van der Waals surface area contributed by atoms with Gasteiger partial charge < -0.3 is 5.32 Å². The lowest BCUT2D eigenvalue weighted by Crippen LogP contribution is -2.38. The largest absolute Gasteiger partial charge is 0.353 e. The number of hydrogen-bond donors (Lipinski definition) is 1. The quantitative estimate of drug-likeness (QED) is 0.893. The van der Waals surface area contributed by atoms with E-state index < -0.39 is 9.84 Å². The van der Waals surface area contributed by atoms with Crippen LogP contribution in [0.15, 0.2) is 29.2 Å². The van der Waals surface area contributed by atoms with E-state index in [9.17, 15) is 13.2 Å². The van der Waals surface area contributed by atoms with Gasteiger partial charge >= 0.3 is 0 Å². The van der Waals surface area contributed by atoms with Crippen LogP contribution in [0.25, 0.3) is 0 Å². The standard InChI is InChI=1S/C16H22ClNO3S/c1-12-2-6-14(7-3-12)18-16(19)10-11-22(20,21)15-8-4-13(17)5-9-15/h4-5,8-9,12,14H,2-3,6-7,10-11H2,1H3,(H,18,19). The van der Waals surface area contributed by atoms with Crippen LogP contribution in [0.5, 0.6) is 0 Å². The average Bonchev–Trinajstić information content (AvgIpc) is 2.48. The second-order valence-corrected chi connectivity index (χ2v) is 8.59. The summed E-state index contributed by atoms with van der Waals surface area (Å²) < 4.78 is 24.3. The van der Waals surface area contributed by atoms with Gasteiger partial charge in [0, 0.05) is 17.5 Å². The number of halogens is 1. The van der Waals surface area contributed by atoms with E-state index in [-0.39, 0.29) is 29.0 Å². The highest BCUT2D eigenvalue weighted by Crippen LogP contribution is 2.23. The molecule has 0 unspecified atom stereocenters. The smallest absolute Gasteiger partial charge is 0.221 e. The van der Waals surface area contributed by atoms with Gasteiger partial charge in [-0.1, -0.05) is 18.5 Å². The molecule has 22 heavy (non-hydrogen) atoms. The van der Waals surface area contributed by atoms with E-state index in [0.717, 1.165) is 31.6 Å². The minimum atomic E-state index is -3.44. The Morgan fingerprint density at radius 3 is 2.36 bits per heavy atom. The van der Waals surface area contributed by atoms with Crippen LogP contribution >= 0.6 is 11.6 Å². The summed E-state index contributed by atoms with van der Waals surface area (Å²) in [5.41, 5.74) is 0. The maximum absolute atomic E-state index is 12.2. The van der Waals surface area contributed by atoms with Crippen LogP contribution < -0.4 is 5.32 Å². The van der Waals surface area contributed by atoms with Crippen molar-refractivity contribution in [1.82, 2.24) is 5.32 Å². The van der Waals surface area contributed by atoms with Crippen LogP contribution in [-0.4, -0.2) is 26.1 Å². The third kappa shape index (κ3) is 4.99. The third-order valence-electron chi connectivity index (χ3n) is 4.15. The molecule has 0 atom stereocenters. The van der Waals surface area contributed by atoms with Gasteiger partial charge in [0.2, 0.25) is 5.91 Å². The fraction of sp³-hybridized carbons (Fsp3) is 0.562.